The zero-order valence-electron chi connectivity index (χ0n) is 8.50. The number of hydrogen-bond donors (Lipinski definition) is 1. The van der Waals surface area contributed by atoms with E-state index in [4.69, 9.17) is 21.1 Å². The van der Waals surface area contributed by atoms with Gasteiger partial charge in [0.2, 0.25) is 0 Å². The van der Waals surface area contributed by atoms with E-state index in [9.17, 15) is 0 Å². The lowest BCUT2D eigenvalue weighted by Gasteiger charge is -1.94. The highest BCUT2D eigenvalue weighted by molar-refractivity contribution is 9.10. The third-order valence-electron chi connectivity index (χ3n) is 2.14. The van der Waals surface area contributed by atoms with Crippen LogP contribution in [0.15, 0.2) is 21.0 Å². The molecular formula is C11H9BrClNO2. The predicted octanol–water partition coefficient (Wildman–Crippen LogP) is 3.56. The summed E-state index contributed by atoms with van der Waals surface area (Å²) < 4.78 is 6.37. The van der Waals surface area contributed by atoms with Crippen molar-refractivity contribution in [1.29, 1.82) is 0 Å². The maximum Gasteiger partial charge on any atom is 0.157 e. The maximum atomic E-state index is 8.71. The minimum atomic E-state index is -0.0311. The topological polar surface area (TPSA) is 46.3 Å². The van der Waals surface area contributed by atoms with Crippen LogP contribution in [0.1, 0.15) is 11.3 Å². The molecule has 5 heteroatoms. The fourth-order valence-electron chi connectivity index (χ4n) is 1.44. The van der Waals surface area contributed by atoms with Crippen molar-refractivity contribution >= 4 is 44.7 Å². The first kappa shape index (κ1) is 11.6. The van der Waals surface area contributed by atoms with E-state index in [2.05, 4.69) is 20.9 Å². The van der Waals surface area contributed by atoms with Crippen LogP contribution in [-0.2, 0) is 0 Å². The van der Waals surface area contributed by atoms with Crippen LogP contribution in [0, 0.1) is 6.92 Å². The Morgan fingerprint density at radius 1 is 1.62 bits per heavy atom. The molecular weight excluding hydrogens is 293 g/mol. The summed E-state index contributed by atoms with van der Waals surface area (Å²) in [4.78, 5) is 4.19. The van der Waals surface area contributed by atoms with Gasteiger partial charge in [0, 0.05) is 0 Å². The number of fused-ring (bicyclic) bond motifs is 1. The number of pyridine rings is 1. The van der Waals surface area contributed by atoms with Gasteiger partial charge in [-0.15, -0.1) is 0 Å². The molecule has 1 N–H and O–H groups in total. The number of rotatable bonds is 2. The molecule has 2 aromatic heterocycles. The first-order valence-electron chi connectivity index (χ1n) is 4.66. The number of furan rings is 1. The molecule has 3 nitrogen and oxygen atoms in total. The number of halogens is 2. The Kier molecular flexibility index (Phi) is 3.33. The monoisotopic (exact) mass is 301 g/mol. The Balaban J connectivity index is 2.68. The number of nitrogens with zero attached hydrogens (tertiary/aromatic N) is 1. The number of aliphatic hydroxyl groups excluding tert-OH is 1. The molecule has 0 unspecified atom stereocenters. The van der Waals surface area contributed by atoms with E-state index in [-0.39, 0.29) is 6.61 Å². The van der Waals surface area contributed by atoms with Gasteiger partial charge in [-0.25, -0.2) is 4.98 Å². The SMILES string of the molecule is Cc1cc(Cl)nc2c(Br)c(/C=C\CO)oc12. The quantitative estimate of drug-likeness (QED) is 0.863. The zero-order valence-corrected chi connectivity index (χ0v) is 10.8. The lowest BCUT2D eigenvalue weighted by atomic mass is 10.2. The van der Waals surface area contributed by atoms with Gasteiger partial charge >= 0.3 is 0 Å². The average molecular weight is 303 g/mol. The van der Waals surface area contributed by atoms with E-state index >= 15 is 0 Å². The van der Waals surface area contributed by atoms with E-state index in [0.29, 0.717) is 22.0 Å². The largest absolute Gasteiger partial charge is 0.454 e. The summed E-state index contributed by atoms with van der Waals surface area (Å²) in [7, 11) is 0. The molecule has 0 atom stereocenters. The summed E-state index contributed by atoms with van der Waals surface area (Å²) in [6.45, 7) is 1.88. The lowest BCUT2D eigenvalue weighted by molar-refractivity contribution is 0.343. The first-order valence-corrected chi connectivity index (χ1v) is 5.83. The fourth-order valence-corrected chi connectivity index (χ4v) is 2.17. The second-order valence-corrected chi connectivity index (χ2v) is 4.49. The average Bonchev–Trinajstić information content (AvgIpc) is 2.54. The maximum absolute atomic E-state index is 8.71. The molecule has 0 amide bonds. The molecule has 0 fully saturated rings. The number of hydrogen-bond acceptors (Lipinski definition) is 3. The molecule has 0 radical (unpaired) electrons. The minimum Gasteiger partial charge on any atom is -0.454 e. The van der Waals surface area contributed by atoms with Crippen LogP contribution in [0.25, 0.3) is 17.2 Å². The van der Waals surface area contributed by atoms with E-state index in [1.807, 2.05) is 6.92 Å². The second kappa shape index (κ2) is 4.57. The smallest absolute Gasteiger partial charge is 0.157 e. The molecule has 2 heterocycles. The molecule has 0 aliphatic carbocycles. The molecule has 16 heavy (non-hydrogen) atoms. The van der Waals surface area contributed by atoms with Crippen LogP contribution in [0.4, 0.5) is 0 Å². The van der Waals surface area contributed by atoms with Crippen LogP contribution >= 0.6 is 27.5 Å². The predicted molar refractivity (Wildman–Crippen MR) is 67.6 cm³/mol. The highest BCUT2D eigenvalue weighted by atomic mass is 79.9. The molecule has 2 aromatic rings. The van der Waals surface area contributed by atoms with Crippen molar-refractivity contribution in [2.45, 2.75) is 6.92 Å². The van der Waals surface area contributed by atoms with Crippen LogP contribution in [0.2, 0.25) is 5.15 Å². The van der Waals surface area contributed by atoms with E-state index in [1.165, 1.54) is 0 Å². The minimum absolute atomic E-state index is 0.0311. The Morgan fingerprint density at radius 3 is 3.06 bits per heavy atom. The Morgan fingerprint density at radius 2 is 2.38 bits per heavy atom. The molecule has 0 bridgehead atoms. The van der Waals surface area contributed by atoms with Crippen molar-refractivity contribution in [2.75, 3.05) is 6.61 Å². The van der Waals surface area contributed by atoms with Crippen molar-refractivity contribution in [3.8, 4) is 0 Å². The van der Waals surface area contributed by atoms with Crippen LogP contribution in [0.5, 0.6) is 0 Å². The fraction of sp³-hybridized carbons (Fsp3) is 0.182. The Labute approximate surface area is 106 Å². The number of aliphatic hydroxyl groups is 1. The van der Waals surface area contributed by atoms with Crippen LogP contribution in [-0.4, -0.2) is 16.7 Å². The van der Waals surface area contributed by atoms with Crippen LogP contribution < -0.4 is 0 Å². The summed E-state index contributed by atoms with van der Waals surface area (Å²) in [6, 6.07) is 1.75. The molecule has 84 valence electrons. The van der Waals surface area contributed by atoms with Crippen molar-refractivity contribution < 1.29 is 9.52 Å². The molecule has 0 aromatic carbocycles. The van der Waals surface area contributed by atoms with Crippen molar-refractivity contribution in [2.24, 2.45) is 0 Å². The molecule has 0 spiro atoms. The summed E-state index contributed by atoms with van der Waals surface area (Å²) in [5.41, 5.74) is 2.33. The lowest BCUT2D eigenvalue weighted by Crippen LogP contribution is -1.80. The third-order valence-corrected chi connectivity index (χ3v) is 3.10. The van der Waals surface area contributed by atoms with E-state index in [0.717, 1.165) is 10.0 Å². The van der Waals surface area contributed by atoms with Gasteiger partial charge in [-0.1, -0.05) is 17.7 Å². The van der Waals surface area contributed by atoms with E-state index in [1.54, 1.807) is 18.2 Å². The van der Waals surface area contributed by atoms with Gasteiger partial charge in [0.05, 0.1) is 11.1 Å². The van der Waals surface area contributed by atoms with Gasteiger partial charge < -0.3 is 9.52 Å². The van der Waals surface area contributed by atoms with Gasteiger partial charge in [-0.2, -0.15) is 0 Å². The Hall–Kier alpha value is -0.840. The molecule has 0 aliphatic rings. The van der Waals surface area contributed by atoms with Gasteiger partial charge in [0.15, 0.2) is 5.58 Å². The molecule has 0 saturated carbocycles. The normalized spacial score (nSPS) is 11.8. The number of aryl methyl sites for hydroxylation is 1. The summed E-state index contributed by atoms with van der Waals surface area (Å²) >= 11 is 9.28. The first-order chi connectivity index (χ1) is 7.63. The summed E-state index contributed by atoms with van der Waals surface area (Å²) in [5.74, 6) is 0.627. The summed E-state index contributed by atoms with van der Waals surface area (Å²) in [6.07, 6.45) is 3.29. The van der Waals surface area contributed by atoms with E-state index < -0.39 is 0 Å². The molecule has 2 rings (SSSR count). The van der Waals surface area contributed by atoms with Crippen molar-refractivity contribution in [3.05, 3.63) is 33.1 Å². The van der Waals surface area contributed by atoms with Gasteiger partial charge in [0.1, 0.15) is 16.4 Å². The second-order valence-electron chi connectivity index (χ2n) is 3.30. The van der Waals surface area contributed by atoms with Gasteiger partial charge in [0.25, 0.3) is 0 Å². The highest BCUT2D eigenvalue weighted by Crippen LogP contribution is 2.33. The summed E-state index contributed by atoms with van der Waals surface area (Å²) in [5, 5.41) is 9.15. The van der Waals surface area contributed by atoms with Gasteiger partial charge in [-0.05, 0) is 40.6 Å². The highest BCUT2D eigenvalue weighted by Gasteiger charge is 2.13. The molecule has 0 saturated heterocycles. The standard InChI is InChI=1S/C11H9BrClNO2/c1-6-5-8(13)14-10-9(12)7(3-2-4-15)16-11(6)10/h2-3,5,15H,4H2,1H3/b3-2-. The van der Waals surface area contributed by atoms with Crippen molar-refractivity contribution in [3.63, 3.8) is 0 Å². The number of aromatic nitrogens is 1. The molecule has 0 aliphatic heterocycles. The Bertz CT molecular complexity index is 563. The van der Waals surface area contributed by atoms with Crippen molar-refractivity contribution in [1.82, 2.24) is 4.98 Å². The van der Waals surface area contributed by atoms with Gasteiger partial charge in [-0.3, -0.25) is 0 Å². The zero-order chi connectivity index (χ0) is 11.7. The third kappa shape index (κ3) is 2.00. The van der Waals surface area contributed by atoms with Crippen LogP contribution in [0.3, 0.4) is 0 Å².